The van der Waals surface area contributed by atoms with Gasteiger partial charge in [0.25, 0.3) is 17.1 Å². The maximum absolute atomic E-state index is 13.1. The van der Waals surface area contributed by atoms with Crippen LogP contribution in [0.4, 0.5) is 20.6 Å². The lowest BCUT2D eigenvalue weighted by Gasteiger charge is -2.14. The van der Waals surface area contributed by atoms with Crippen molar-refractivity contribution < 1.29 is 28.2 Å². The first-order valence-electron chi connectivity index (χ1n) is 10.9. The van der Waals surface area contributed by atoms with Crippen molar-refractivity contribution in [3.05, 3.63) is 86.4 Å². The second-order valence-corrected chi connectivity index (χ2v) is 9.88. The van der Waals surface area contributed by atoms with Crippen LogP contribution in [0.25, 0.3) is 6.08 Å². The van der Waals surface area contributed by atoms with Crippen molar-refractivity contribution >= 4 is 73.8 Å². The summed E-state index contributed by atoms with van der Waals surface area (Å²) in [6.45, 7) is 1.80. The SMILES string of the molecule is CCOc1cc(/C=C2/SC(=O)N(c3cccc(Cl)c3)C2=O)c(Br)cc1OCC(=O)Nc1ccc(F)cc1. The summed E-state index contributed by atoms with van der Waals surface area (Å²) >= 11 is 10.3. The highest BCUT2D eigenvalue weighted by atomic mass is 79.9. The van der Waals surface area contributed by atoms with Gasteiger partial charge in [-0.05, 0) is 84.9 Å². The van der Waals surface area contributed by atoms with Crippen LogP contribution >= 0.6 is 39.3 Å². The average Bonchev–Trinajstić information content (AvgIpc) is 3.14. The third kappa shape index (κ3) is 6.51. The summed E-state index contributed by atoms with van der Waals surface area (Å²) in [7, 11) is 0. The lowest BCUT2D eigenvalue weighted by molar-refractivity contribution is -0.118. The van der Waals surface area contributed by atoms with Crippen LogP contribution in [-0.2, 0) is 9.59 Å². The molecule has 4 rings (SSSR count). The molecule has 1 aliphatic heterocycles. The Labute approximate surface area is 229 Å². The summed E-state index contributed by atoms with van der Waals surface area (Å²) in [5.41, 5.74) is 1.39. The predicted molar refractivity (Wildman–Crippen MR) is 146 cm³/mol. The van der Waals surface area contributed by atoms with Gasteiger partial charge in [-0.25, -0.2) is 9.29 Å². The minimum absolute atomic E-state index is 0.223. The molecule has 37 heavy (non-hydrogen) atoms. The molecular formula is C26H19BrClFN2O5S. The molecule has 0 spiro atoms. The largest absolute Gasteiger partial charge is 0.490 e. The first-order valence-corrected chi connectivity index (χ1v) is 12.9. The zero-order valence-corrected chi connectivity index (χ0v) is 22.5. The van der Waals surface area contributed by atoms with Crippen LogP contribution in [0, 0.1) is 5.82 Å². The summed E-state index contributed by atoms with van der Waals surface area (Å²) in [6.07, 6.45) is 1.58. The topological polar surface area (TPSA) is 84.9 Å². The fourth-order valence-corrected chi connectivity index (χ4v) is 4.82. The molecule has 3 aromatic rings. The van der Waals surface area contributed by atoms with Gasteiger partial charge in [0.05, 0.1) is 17.2 Å². The molecule has 0 radical (unpaired) electrons. The van der Waals surface area contributed by atoms with Crippen molar-refractivity contribution in [3.63, 3.8) is 0 Å². The molecule has 1 aliphatic rings. The lowest BCUT2D eigenvalue weighted by atomic mass is 10.1. The summed E-state index contributed by atoms with van der Waals surface area (Å²) in [6, 6.07) is 15.1. The Bertz CT molecular complexity index is 1400. The first kappa shape index (κ1) is 26.7. The van der Waals surface area contributed by atoms with Crippen LogP contribution < -0.4 is 19.7 Å². The van der Waals surface area contributed by atoms with E-state index in [2.05, 4.69) is 21.2 Å². The smallest absolute Gasteiger partial charge is 0.298 e. The normalized spacial score (nSPS) is 14.3. The van der Waals surface area contributed by atoms with Crippen molar-refractivity contribution in [3.8, 4) is 11.5 Å². The second kappa shape index (κ2) is 11.8. The number of thioether (sulfide) groups is 1. The van der Waals surface area contributed by atoms with Gasteiger partial charge >= 0.3 is 0 Å². The predicted octanol–water partition coefficient (Wildman–Crippen LogP) is 6.90. The number of ether oxygens (including phenoxy) is 2. The number of anilines is 2. The Morgan fingerprint density at radius 1 is 1.11 bits per heavy atom. The van der Waals surface area contributed by atoms with Crippen LogP contribution in [0.1, 0.15) is 12.5 Å². The van der Waals surface area contributed by atoms with E-state index in [0.29, 0.717) is 44.5 Å². The molecule has 3 amide bonds. The molecule has 1 fully saturated rings. The van der Waals surface area contributed by atoms with Gasteiger partial charge in [0.15, 0.2) is 18.1 Å². The molecule has 0 saturated carbocycles. The van der Waals surface area contributed by atoms with E-state index < -0.39 is 22.9 Å². The third-order valence-corrected chi connectivity index (χ3v) is 6.79. The van der Waals surface area contributed by atoms with E-state index in [4.69, 9.17) is 21.1 Å². The number of halogens is 3. The van der Waals surface area contributed by atoms with E-state index in [1.54, 1.807) is 49.4 Å². The molecule has 3 aromatic carbocycles. The highest BCUT2D eigenvalue weighted by molar-refractivity contribution is 9.10. The molecule has 0 aromatic heterocycles. The fourth-order valence-electron chi connectivity index (χ4n) is 3.36. The highest BCUT2D eigenvalue weighted by Crippen LogP contribution is 2.40. The van der Waals surface area contributed by atoms with E-state index in [0.717, 1.165) is 16.7 Å². The molecule has 1 N–H and O–H groups in total. The number of rotatable bonds is 8. The van der Waals surface area contributed by atoms with Gasteiger partial charge in [0.2, 0.25) is 0 Å². The van der Waals surface area contributed by atoms with Gasteiger partial charge in [0.1, 0.15) is 5.82 Å². The second-order valence-electron chi connectivity index (χ2n) is 7.59. The van der Waals surface area contributed by atoms with Crippen molar-refractivity contribution in [2.24, 2.45) is 0 Å². The van der Waals surface area contributed by atoms with E-state index >= 15 is 0 Å². The quantitative estimate of drug-likeness (QED) is 0.281. The van der Waals surface area contributed by atoms with Crippen LogP contribution in [0.15, 0.2) is 70.0 Å². The van der Waals surface area contributed by atoms with Crippen molar-refractivity contribution in [2.45, 2.75) is 6.92 Å². The number of amides is 3. The summed E-state index contributed by atoms with van der Waals surface area (Å²) in [5, 5.41) is 2.59. The maximum atomic E-state index is 13.1. The Hall–Kier alpha value is -3.34. The number of nitrogens with zero attached hydrogens (tertiary/aromatic N) is 1. The number of nitrogens with one attached hydrogen (secondary N) is 1. The zero-order valence-electron chi connectivity index (χ0n) is 19.3. The fraction of sp³-hybridized carbons (Fsp3) is 0.115. The Morgan fingerprint density at radius 3 is 2.54 bits per heavy atom. The highest BCUT2D eigenvalue weighted by Gasteiger charge is 2.36. The molecule has 0 bridgehead atoms. The van der Waals surface area contributed by atoms with Gasteiger partial charge in [-0.3, -0.25) is 14.4 Å². The number of carbonyl (C=O) groups excluding carboxylic acids is 3. The Kier molecular flexibility index (Phi) is 8.52. The molecule has 7 nitrogen and oxygen atoms in total. The van der Waals surface area contributed by atoms with Gasteiger partial charge in [0, 0.05) is 15.2 Å². The van der Waals surface area contributed by atoms with E-state index in [-0.39, 0.29) is 11.5 Å². The summed E-state index contributed by atoms with van der Waals surface area (Å²) in [4.78, 5) is 39.1. The number of hydrogen-bond donors (Lipinski definition) is 1. The van der Waals surface area contributed by atoms with Gasteiger partial charge < -0.3 is 14.8 Å². The van der Waals surface area contributed by atoms with Crippen molar-refractivity contribution in [2.75, 3.05) is 23.4 Å². The maximum Gasteiger partial charge on any atom is 0.298 e. The molecule has 1 saturated heterocycles. The number of carbonyl (C=O) groups is 3. The summed E-state index contributed by atoms with van der Waals surface area (Å²) < 4.78 is 25.0. The standard InChI is InChI=1S/C26H19BrClFN2O5S/c1-2-35-21-10-15(11-23-25(33)31(26(34)37-23)19-5-3-4-16(28)12-19)20(27)13-22(21)36-14-24(32)30-18-8-6-17(29)7-9-18/h3-13H,2,14H2,1H3,(H,30,32)/b23-11+. The van der Waals surface area contributed by atoms with Crippen LogP contribution in [-0.4, -0.2) is 30.3 Å². The van der Waals surface area contributed by atoms with Gasteiger partial charge in [-0.1, -0.05) is 33.6 Å². The van der Waals surface area contributed by atoms with Crippen LogP contribution in [0.5, 0.6) is 11.5 Å². The molecule has 0 aliphatic carbocycles. The lowest BCUT2D eigenvalue weighted by Crippen LogP contribution is -2.27. The number of benzene rings is 3. The van der Waals surface area contributed by atoms with Gasteiger partial charge in [-0.2, -0.15) is 0 Å². The molecule has 1 heterocycles. The van der Waals surface area contributed by atoms with Gasteiger partial charge in [-0.15, -0.1) is 0 Å². The van der Waals surface area contributed by atoms with E-state index in [9.17, 15) is 18.8 Å². The summed E-state index contributed by atoms with van der Waals surface area (Å²) in [5.74, 6) is -0.675. The van der Waals surface area contributed by atoms with Crippen LogP contribution in [0.3, 0.4) is 0 Å². The average molecular weight is 606 g/mol. The van der Waals surface area contributed by atoms with E-state index in [1.165, 1.54) is 24.3 Å². The first-order chi connectivity index (χ1) is 17.7. The van der Waals surface area contributed by atoms with Crippen molar-refractivity contribution in [1.29, 1.82) is 0 Å². The molecule has 0 atom stereocenters. The molecular weight excluding hydrogens is 587 g/mol. The van der Waals surface area contributed by atoms with Crippen molar-refractivity contribution in [1.82, 2.24) is 0 Å². The minimum atomic E-state index is -0.472. The molecule has 0 unspecified atom stereocenters. The zero-order chi connectivity index (χ0) is 26.5. The van der Waals surface area contributed by atoms with E-state index in [1.807, 2.05) is 0 Å². The molecule has 190 valence electrons. The monoisotopic (exact) mass is 604 g/mol. The number of hydrogen-bond acceptors (Lipinski definition) is 6. The minimum Gasteiger partial charge on any atom is -0.490 e. The number of imide groups is 1. The van der Waals surface area contributed by atoms with Crippen LogP contribution in [0.2, 0.25) is 5.02 Å². The Balaban J connectivity index is 1.52. The third-order valence-electron chi connectivity index (χ3n) is 5.00. The molecule has 11 heteroatoms. The Morgan fingerprint density at radius 2 is 1.84 bits per heavy atom.